The Hall–Kier alpha value is -0.890. The van der Waals surface area contributed by atoms with Crippen LogP contribution in [-0.2, 0) is 14.2 Å². The van der Waals surface area contributed by atoms with E-state index in [1.807, 2.05) is 6.92 Å². The molecule has 0 aromatic heterocycles. The maximum atomic E-state index is 9.60. The second kappa shape index (κ2) is 13.5. The Morgan fingerprint density at radius 1 is 1.16 bits per heavy atom. The van der Waals surface area contributed by atoms with Crippen molar-refractivity contribution in [2.75, 3.05) is 26.4 Å². The summed E-state index contributed by atoms with van der Waals surface area (Å²) in [6.45, 7) is 8.16. The fourth-order valence-corrected chi connectivity index (χ4v) is 0.846. The third-order valence-corrected chi connectivity index (χ3v) is 1.78. The van der Waals surface area contributed by atoms with E-state index in [1.165, 1.54) is 0 Å². The number of ether oxygens (including phenoxy) is 3. The van der Waals surface area contributed by atoms with E-state index in [0.717, 1.165) is 0 Å². The molecule has 0 radical (unpaired) electrons. The van der Waals surface area contributed by atoms with Crippen molar-refractivity contribution in [1.82, 2.24) is 0 Å². The van der Waals surface area contributed by atoms with E-state index in [1.54, 1.807) is 20.8 Å². The van der Waals surface area contributed by atoms with E-state index in [-0.39, 0.29) is 18.8 Å². The van der Waals surface area contributed by atoms with Gasteiger partial charge in [-0.1, -0.05) is 0 Å². The van der Waals surface area contributed by atoms with Gasteiger partial charge in [0, 0.05) is 0 Å². The summed E-state index contributed by atoms with van der Waals surface area (Å²) in [6.07, 6.45) is -1.36. The number of rotatable bonds is 8. The minimum atomic E-state index is -0.711. The minimum absolute atomic E-state index is 0.0170. The molecule has 7 nitrogen and oxygen atoms in total. The van der Waals surface area contributed by atoms with Gasteiger partial charge in [0.05, 0.1) is 44.7 Å². The van der Waals surface area contributed by atoms with E-state index in [9.17, 15) is 4.79 Å². The Labute approximate surface area is 114 Å². The first-order chi connectivity index (χ1) is 8.83. The fourth-order valence-electron chi connectivity index (χ4n) is 0.846. The number of carbonyl (C=O) groups excluding carboxylic acids is 1. The third kappa shape index (κ3) is 19.6. The Morgan fingerprint density at radius 3 is 2.00 bits per heavy atom. The highest BCUT2D eigenvalue weighted by atomic mass is 16.5. The fraction of sp³-hybridized carbons (Fsp3) is 0.917. The van der Waals surface area contributed by atoms with Crippen molar-refractivity contribution in [2.24, 2.45) is 5.73 Å². The largest absolute Gasteiger partial charge is 0.450 e. The van der Waals surface area contributed by atoms with E-state index in [0.29, 0.717) is 19.8 Å². The first kappa shape index (κ1) is 20.4. The average molecular weight is 281 g/mol. The summed E-state index contributed by atoms with van der Waals surface area (Å²) >= 11 is 0. The molecular weight excluding hydrogens is 254 g/mol. The maximum Gasteiger partial charge on any atom is 0.404 e. The number of primary amides is 1. The monoisotopic (exact) mass is 281 g/mol. The van der Waals surface area contributed by atoms with Gasteiger partial charge in [-0.3, -0.25) is 0 Å². The summed E-state index contributed by atoms with van der Waals surface area (Å²) in [4.78, 5) is 9.60. The van der Waals surface area contributed by atoms with Crippen LogP contribution in [0.2, 0.25) is 0 Å². The number of aliphatic hydroxyl groups is 2. The summed E-state index contributed by atoms with van der Waals surface area (Å²) in [5, 5.41) is 17.6. The van der Waals surface area contributed by atoms with Crippen molar-refractivity contribution < 1.29 is 29.2 Å². The highest BCUT2D eigenvalue weighted by Crippen LogP contribution is 1.97. The number of aliphatic hydroxyl groups excluding tert-OH is 2. The third-order valence-electron chi connectivity index (χ3n) is 1.78. The molecule has 0 aliphatic carbocycles. The summed E-state index contributed by atoms with van der Waals surface area (Å²) in [7, 11) is 0. The van der Waals surface area contributed by atoms with Crippen molar-refractivity contribution in [3.63, 3.8) is 0 Å². The molecule has 0 aliphatic heterocycles. The topological polar surface area (TPSA) is 111 Å². The molecule has 4 N–H and O–H groups in total. The Morgan fingerprint density at radius 2 is 1.68 bits per heavy atom. The summed E-state index contributed by atoms with van der Waals surface area (Å²) < 4.78 is 14.7. The molecule has 1 amide bonds. The zero-order valence-electron chi connectivity index (χ0n) is 12.2. The van der Waals surface area contributed by atoms with E-state index in [4.69, 9.17) is 19.7 Å². The normalized spacial score (nSPS) is 14.8. The van der Waals surface area contributed by atoms with Crippen molar-refractivity contribution in [1.29, 1.82) is 0 Å². The lowest BCUT2D eigenvalue weighted by atomic mass is 10.4. The molecule has 3 unspecified atom stereocenters. The van der Waals surface area contributed by atoms with Gasteiger partial charge < -0.3 is 30.2 Å². The first-order valence-electron chi connectivity index (χ1n) is 6.27. The second-order valence-electron chi connectivity index (χ2n) is 4.07. The minimum Gasteiger partial charge on any atom is -0.450 e. The van der Waals surface area contributed by atoms with Gasteiger partial charge in [0.25, 0.3) is 0 Å². The van der Waals surface area contributed by atoms with Crippen LogP contribution < -0.4 is 5.73 Å². The SMILES string of the molecule is CC(O)COC(C)COC(C)CO.CCOC(N)=O. The maximum absolute atomic E-state index is 9.60. The number of hydrogen-bond acceptors (Lipinski definition) is 6. The lowest BCUT2D eigenvalue weighted by molar-refractivity contribution is -0.0620. The van der Waals surface area contributed by atoms with Gasteiger partial charge in [-0.15, -0.1) is 0 Å². The Balaban J connectivity index is 0. The van der Waals surface area contributed by atoms with Crippen LogP contribution in [0.5, 0.6) is 0 Å². The molecular formula is C12H27NO6. The number of nitrogens with two attached hydrogens (primary N) is 1. The molecule has 0 aromatic rings. The zero-order valence-corrected chi connectivity index (χ0v) is 12.2. The molecule has 0 aliphatic rings. The summed E-state index contributed by atoms with van der Waals surface area (Å²) in [5.41, 5.74) is 4.54. The first-order valence-corrected chi connectivity index (χ1v) is 6.27. The van der Waals surface area contributed by atoms with Crippen LogP contribution in [0.15, 0.2) is 0 Å². The second-order valence-corrected chi connectivity index (χ2v) is 4.07. The standard InChI is InChI=1S/C9H20O4.C3H7NO2/c1-7(11)5-12-9(3)6-13-8(2)4-10;1-2-6-3(4)5/h7-11H,4-6H2,1-3H3;2H2,1H3,(H2,4,5). The van der Waals surface area contributed by atoms with Crippen LogP contribution in [-0.4, -0.2) is 61.0 Å². The van der Waals surface area contributed by atoms with Crippen molar-refractivity contribution in [3.8, 4) is 0 Å². The van der Waals surface area contributed by atoms with Crippen LogP contribution in [0, 0.1) is 0 Å². The molecule has 19 heavy (non-hydrogen) atoms. The van der Waals surface area contributed by atoms with Crippen LogP contribution in [0.25, 0.3) is 0 Å². The lowest BCUT2D eigenvalue weighted by Crippen LogP contribution is -2.24. The van der Waals surface area contributed by atoms with Gasteiger partial charge in [0.15, 0.2) is 0 Å². The van der Waals surface area contributed by atoms with Gasteiger partial charge in [0.2, 0.25) is 0 Å². The highest BCUT2D eigenvalue weighted by molar-refractivity contribution is 5.64. The highest BCUT2D eigenvalue weighted by Gasteiger charge is 2.06. The number of amides is 1. The molecule has 116 valence electrons. The van der Waals surface area contributed by atoms with E-state index in [2.05, 4.69) is 10.5 Å². The Kier molecular flexibility index (Phi) is 14.6. The predicted octanol–water partition coefficient (Wildman–Crippen LogP) is 0.271. The quantitative estimate of drug-likeness (QED) is 0.589. The van der Waals surface area contributed by atoms with Crippen LogP contribution in [0.4, 0.5) is 4.79 Å². The predicted molar refractivity (Wildman–Crippen MR) is 70.8 cm³/mol. The van der Waals surface area contributed by atoms with Crippen LogP contribution in [0.1, 0.15) is 27.7 Å². The van der Waals surface area contributed by atoms with Gasteiger partial charge in [-0.05, 0) is 27.7 Å². The van der Waals surface area contributed by atoms with E-state index >= 15 is 0 Å². The molecule has 0 aromatic carbocycles. The number of carbonyl (C=O) groups is 1. The van der Waals surface area contributed by atoms with Crippen molar-refractivity contribution in [3.05, 3.63) is 0 Å². The molecule has 0 fully saturated rings. The van der Waals surface area contributed by atoms with Gasteiger partial charge in [-0.2, -0.15) is 0 Å². The molecule has 0 bridgehead atoms. The molecule has 0 rings (SSSR count). The number of hydrogen-bond donors (Lipinski definition) is 3. The Bertz CT molecular complexity index is 212. The van der Waals surface area contributed by atoms with Gasteiger partial charge >= 0.3 is 6.09 Å². The smallest absolute Gasteiger partial charge is 0.404 e. The van der Waals surface area contributed by atoms with E-state index < -0.39 is 12.2 Å². The molecule has 0 heterocycles. The van der Waals surface area contributed by atoms with Crippen molar-refractivity contribution in [2.45, 2.75) is 46.0 Å². The van der Waals surface area contributed by atoms with Crippen LogP contribution in [0.3, 0.4) is 0 Å². The molecule has 3 atom stereocenters. The van der Waals surface area contributed by atoms with Gasteiger partial charge in [-0.25, -0.2) is 4.79 Å². The zero-order chi connectivity index (χ0) is 15.3. The van der Waals surface area contributed by atoms with Crippen LogP contribution >= 0.6 is 0 Å². The molecule has 0 saturated heterocycles. The van der Waals surface area contributed by atoms with Gasteiger partial charge in [0.1, 0.15) is 0 Å². The molecule has 0 saturated carbocycles. The van der Waals surface area contributed by atoms with Crippen molar-refractivity contribution >= 4 is 6.09 Å². The summed E-state index contributed by atoms with van der Waals surface area (Å²) in [5.74, 6) is 0. The average Bonchev–Trinajstić information content (AvgIpc) is 2.33. The summed E-state index contributed by atoms with van der Waals surface area (Å²) in [6, 6.07) is 0. The molecule has 0 spiro atoms. The molecule has 7 heteroatoms. The lowest BCUT2D eigenvalue weighted by Gasteiger charge is -2.16.